The lowest BCUT2D eigenvalue weighted by atomic mass is 10.1. The van der Waals surface area contributed by atoms with E-state index in [1.165, 1.54) is 19.2 Å². The predicted octanol–water partition coefficient (Wildman–Crippen LogP) is 1.88. The highest BCUT2D eigenvalue weighted by Crippen LogP contribution is 2.22. The van der Waals surface area contributed by atoms with Gasteiger partial charge < -0.3 is 15.4 Å². The molecule has 2 N–H and O–H groups in total. The molecule has 126 valence electrons. The van der Waals surface area contributed by atoms with Crippen molar-refractivity contribution in [3.63, 3.8) is 0 Å². The van der Waals surface area contributed by atoms with Crippen LogP contribution in [0, 0.1) is 10.1 Å². The fourth-order valence-corrected chi connectivity index (χ4v) is 2.39. The zero-order valence-electron chi connectivity index (χ0n) is 12.5. The highest BCUT2D eigenvalue weighted by molar-refractivity contribution is 5.95. The van der Waals surface area contributed by atoms with Crippen LogP contribution in [-0.2, 0) is 9.53 Å². The number of ether oxygens (including phenoxy) is 1. The maximum Gasteiger partial charge on any atom is 0.338 e. The third-order valence-corrected chi connectivity index (χ3v) is 3.43. The van der Waals surface area contributed by atoms with Crippen molar-refractivity contribution in [3.8, 4) is 0 Å². The van der Waals surface area contributed by atoms with Gasteiger partial charge in [-0.25, -0.2) is 4.79 Å². The Morgan fingerprint density at radius 2 is 2.17 bits per heavy atom. The largest absolute Gasteiger partial charge is 0.465 e. The first-order valence-electron chi connectivity index (χ1n) is 6.90. The lowest BCUT2D eigenvalue weighted by molar-refractivity contribution is -0.384. The third kappa shape index (κ3) is 5.19. The van der Waals surface area contributed by atoms with E-state index in [9.17, 15) is 19.7 Å². The van der Waals surface area contributed by atoms with Gasteiger partial charge in [0, 0.05) is 30.3 Å². The molecule has 0 saturated carbocycles. The summed E-state index contributed by atoms with van der Waals surface area (Å²) < 4.78 is 4.55. The molecule has 1 aliphatic rings. The van der Waals surface area contributed by atoms with Crippen molar-refractivity contribution in [1.29, 1.82) is 0 Å². The fourth-order valence-electron chi connectivity index (χ4n) is 2.39. The molecule has 1 amide bonds. The lowest BCUT2D eigenvalue weighted by Crippen LogP contribution is -2.27. The summed E-state index contributed by atoms with van der Waals surface area (Å²) in [6.07, 6.45) is 2.24. The van der Waals surface area contributed by atoms with Crippen LogP contribution in [0.1, 0.15) is 29.6 Å². The van der Waals surface area contributed by atoms with Crippen LogP contribution in [0.25, 0.3) is 0 Å². The van der Waals surface area contributed by atoms with Crippen molar-refractivity contribution in [1.82, 2.24) is 5.32 Å². The van der Waals surface area contributed by atoms with Crippen LogP contribution < -0.4 is 10.6 Å². The number of anilines is 1. The third-order valence-electron chi connectivity index (χ3n) is 3.43. The average molecular weight is 344 g/mol. The number of rotatable bonds is 5. The molecule has 1 aliphatic heterocycles. The minimum Gasteiger partial charge on any atom is -0.465 e. The Labute approximate surface area is 139 Å². The summed E-state index contributed by atoms with van der Waals surface area (Å²) in [5.41, 5.74) is -0.0548. The highest BCUT2D eigenvalue weighted by atomic mass is 35.5. The number of hydrogen-bond donors (Lipinski definition) is 2. The SMILES string of the molecule is COC(=O)c1cc(NC(=O)CC2CCCN2)cc([N+](=O)[O-])c1.Cl. The van der Waals surface area contributed by atoms with E-state index in [-0.39, 0.29) is 47.7 Å². The molecule has 0 spiro atoms. The summed E-state index contributed by atoms with van der Waals surface area (Å²) in [4.78, 5) is 33.8. The highest BCUT2D eigenvalue weighted by Gasteiger charge is 2.19. The molecule has 8 nitrogen and oxygen atoms in total. The molecule has 1 fully saturated rings. The molecule has 1 unspecified atom stereocenters. The van der Waals surface area contributed by atoms with Gasteiger partial charge >= 0.3 is 5.97 Å². The zero-order chi connectivity index (χ0) is 16.1. The summed E-state index contributed by atoms with van der Waals surface area (Å²) in [5, 5.41) is 16.7. The van der Waals surface area contributed by atoms with Crippen molar-refractivity contribution in [3.05, 3.63) is 33.9 Å². The second-order valence-corrected chi connectivity index (χ2v) is 5.06. The Hall–Kier alpha value is -2.19. The molecule has 0 bridgehead atoms. The van der Waals surface area contributed by atoms with E-state index in [4.69, 9.17) is 0 Å². The topological polar surface area (TPSA) is 111 Å². The molecule has 1 aromatic rings. The van der Waals surface area contributed by atoms with E-state index in [0.29, 0.717) is 0 Å². The Kier molecular flexibility index (Phi) is 6.92. The van der Waals surface area contributed by atoms with Gasteiger partial charge in [-0.2, -0.15) is 0 Å². The number of benzene rings is 1. The van der Waals surface area contributed by atoms with Crippen molar-refractivity contribution in [2.75, 3.05) is 19.0 Å². The summed E-state index contributed by atoms with van der Waals surface area (Å²) in [6, 6.07) is 3.81. The Bertz CT molecular complexity index is 602. The second-order valence-electron chi connectivity index (χ2n) is 5.06. The number of amides is 1. The molecule has 9 heteroatoms. The van der Waals surface area contributed by atoms with Crippen molar-refractivity contribution < 1.29 is 19.2 Å². The van der Waals surface area contributed by atoms with Gasteiger partial charge in [0.15, 0.2) is 0 Å². The first-order chi connectivity index (χ1) is 10.5. The summed E-state index contributed by atoms with van der Waals surface area (Å²) in [6.45, 7) is 0.890. The number of halogens is 1. The lowest BCUT2D eigenvalue weighted by Gasteiger charge is -2.11. The summed E-state index contributed by atoms with van der Waals surface area (Å²) >= 11 is 0. The monoisotopic (exact) mass is 343 g/mol. The van der Waals surface area contributed by atoms with Crippen LogP contribution in [0.4, 0.5) is 11.4 Å². The number of nitrogens with one attached hydrogen (secondary N) is 2. The van der Waals surface area contributed by atoms with Gasteiger partial charge in [-0.1, -0.05) is 0 Å². The smallest absolute Gasteiger partial charge is 0.338 e. The van der Waals surface area contributed by atoms with Gasteiger partial charge in [0.2, 0.25) is 5.91 Å². The van der Waals surface area contributed by atoms with Crippen LogP contribution in [0.2, 0.25) is 0 Å². The Morgan fingerprint density at radius 3 is 2.74 bits per heavy atom. The van der Waals surface area contributed by atoms with E-state index >= 15 is 0 Å². The number of nitrogens with zero attached hydrogens (tertiary/aromatic N) is 1. The van der Waals surface area contributed by atoms with Crippen LogP contribution in [0.5, 0.6) is 0 Å². The molecule has 23 heavy (non-hydrogen) atoms. The van der Waals surface area contributed by atoms with Crippen LogP contribution in [0.15, 0.2) is 18.2 Å². The first-order valence-corrected chi connectivity index (χ1v) is 6.90. The molecule has 1 atom stereocenters. The molecule has 1 aromatic carbocycles. The number of carbonyl (C=O) groups excluding carboxylic acids is 2. The van der Waals surface area contributed by atoms with E-state index < -0.39 is 10.9 Å². The number of hydrogen-bond acceptors (Lipinski definition) is 6. The summed E-state index contributed by atoms with van der Waals surface area (Å²) in [5.74, 6) is -0.952. The van der Waals surface area contributed by atoms with Gasteiger partial charge in [-0.3, -0.25) is 14.9 Å². The first kappa shape index (κ1) is 18.9. The number of esters is 1. The fraction of sp³-hybridized carbons (Fsp3) is 0.429. The van der Waals surface area contributed by atoms with E-state index in [1.54, 1.807) is 0 Å². The van der Waals surface area contributed by atoms with Gasteiger partial charge in [0.05, 0.1) is 17.6 Å². The minimum absolute atomic E-state index is 0. The standard InChI is InChI=1S/C14H17N3O5.ClH/c1-22-14(19)9-5-11(7-12(6-9)17(20)21)16-13(18)8-10-3-2-4-15-10;/h5-7,10,15H,2-4,8H2,1H3,(H,16,18);1H. The maximum absolute atomic E-state index is 12.0. The molecule has 1 heterocycles. The van der Waals surface area contributed by atoms with Crippen LogP contribution in [-0.4, -0.2) is 36.5 Å². The molecule has 1 saturated heterocycles. The van der Waals surface area contributed by atoms with E-state index in [2.05, 4.69) is 15.4 Å². The number of carbonyl (C=O) groups is 2. The molecular formula is C14H18ClN3O5. The minimum atomic E-state index is -0.698. The number of non-ortho nitro benzene ring substituents is 1. The molecule has 2 rings (SSSR count). The van der Waals surface area contributed by atoms with Gasteiger partial charge in [0.1, 0.15) is 0 Å². The van der Waals surface area contributed by atoms with Gasteiger partial charge in [-0.15, -0.1) is 12.4 Å². The average Bonchev–Trinajstić information content (AvgIpc) is 2.98. The van der Waals surface area contributed by atoms with Crippen LogP contribution in [0.3, 0.4) is 0 Å². The quantitative estimate of drug-likeness (QED) is 0.480. The molecule has 0 radical (unpaired) electrons. The van der Waals surface area contributed by atoms with E-state index in [0.717, 1.165) is 25.5 Å². The molecule has 0 aromatic heterocycles. The zero-order valence-corrected chi connectivity index (χ0v) is 13.4. The number of nitro benzene ring substituents is 1. The molecular weight excluding hydrogens is 326 g/mol. The van der Waals surface area contributed by atoms with Gasteiger partial charge in [0.25, 0.3) is 5.69 Å². The molecule has 0 aliphatic carbocycles. The van der Waals surface area contributed by atoms with E-state index in [1.807, 2.05) is 0 Å². The van der Waals surface area contributed by atoms with Crippen molar-refractivity contribution in [2.24, 2.45) is 0 Å². The summed E-state index contributed by atoms with van der Waals surface area (Å²) in [7, 11) is 1.19. The van der Waals surface area contributed by atoms with Gasteiger partial charge in [-0.05, 0) is 25.5 Å². The van der Waals surface area contributed by atoms with Crippen LogP contribution >= 0.6 is 12.4 Å². The number of nitro groups is 1. The second kappa shape index (κ2) is 8.44. The Morgan fingerprint density at radius 1 is 1.43 bits per heavy atom. The maximum atomic E-state index is 12.0. The normalized spacial score (nSPS) is 16.3. The van der Waals surface area contributed by atoms with Crippen molar-refractivity contribution in [2.45, 2.75) is 25.3 Å². The van der Waals surface area contributed by atoms with Crippen molar-refractivity contribution >= 4 is 35.7 Å². The Balaban J connectivity index is 0.00000264. The number of methoxy groups -OCH3 is 1. The predicted molar refractivity (Wildman–Crippen MR) is 86.0 cm³/mol.